The third-order valence-electron chi connectivity index (χ3n) is 2.44. The van der Waals surface area contributed by atoms with Gasteiger partial charge in [-0.1, -0.05) is 19.9 Å². The molecule has 2 rings (SSSR count). The lowest BCUT2D eigenvalue weighted by molar-refractivity contribution is 0.103. The molecule has 0 radical (unpaired) electrons. The van der Waals surface area contributed by atoms with Crippen molar-refractivity contribution in [2.75, 3.05) is 11.9 Å². The predicted molar refractivity (Wildman–Crippen MR) is 79.0 cm³/mol. The standard InChI is InChI=1S/C15H17NO2S/c1-11(2)10-18-13-7-5-12(6-8-13)16-15(17)14-4-3-9-19-14/h3-9,11H,10H2,1-2H3,(H,16,17). The van der Waals surface area contributed by atoms with Gasteiger partial charge in [-0.05, 0) is 41.6 Å². The zero-order chi connectivity index (χ0) is 13.7. The Balaban J connectivity index is 1.93. The molecular formula is C15H17NO2S. The van der Waals surface area contributed by atoms with Gasteiger partial charge in [-0.25, -0.2) is 0 Å². The van der Waals surface area contributed by atoms with E-state index in [1.807, 2.05) is 35.7 Å². The number of rotatable bonds is 5. The molecule has 0 spiro atoms. The van der Waals surface area contributed by atoms with Gasteiger partial charge in [-0.3, -0.25) is 4.79 Å². The molecule has 19 heavy (non-hydrogen) atoms. The number of anilines is 1. The Morgan fingerprint density at radius 2 is 2.00 bits per heavy atom. The van der Waals surface area contributed by atoms with Gasteiger partial charge >= 0.3 is 0 Å². The molecule has 0 aliphatic carbocycles. The summed E-state index contributed by atoms with van der Waals surface area (Å²) in [6, 6.07) is 11.1. The molecule has 0 aliphatic heterocycles. The largest absolute Gasteiger partial charge is 0.493 e. The van der Waals surface area contributed by atoms with E-state index in [0.717, 1.165) is 11.4 Å². The molecule has 0 aliphatic rings. The Kier molecular flexibility index (Phi) is 4.58. The predicted octanol–water partition coefficient (Wildman–Crippen LogP) is 4.04. The zero-order valence-corrected chi connectivity index (χ0v) is 11.9. The van der Waals surface area contributed by atoms with Gasteiger partial charge in [-0.2, -0.15) is 0 Å². The Hall–Kier alpha value is -1.81. The van der Waals surface area contributed by atoms with E-state index in [9.17, 15) is 4.79 Å². The molecule has 0 bridgehead atoms. The van der Waals surface area contributed by atoms with Gasteiger partial charge in [-0.15, -0.1) is 11.3 Å². The van der Waals surface area contributed by atoms with Crippen LogP contribution >= 0.6 is 11.3 Å². The fourth-order valence-corrected chi connectivity index (χ4v) is 2.12. The minimum Gasteiger partial charge on any atom is -0.493 e. The number of amides is 1. The van der Waals surface area contributed by atoms with Crippen LogP contribution in [0.5, 0.6) is 5.75 Å². The van der Waals surface area contributed by atoms with Crippen molar-refractivity contribution in [3.8, 4) is 5.75 Å². The number of ether oxygens (including phenoxy) is 1. The number of benzene rings is 1. The highest BCUT2D eigenvalue weighted by molar-refractivity contribution is 7.12. The smallest absolute Gasteiger partial charge is 0.265 e. The maximum Gasteiger partial charge on any atom is 0.265 e. The van der Waals surface area contributed by atoms with Gasteiger partial charge in [0.25, 0.3) is 5.91 Å². The molecule has 3 nitrogen and oxygen atoms in total. The topological polar surface area (TPSA) is 38.3 Å². The van der Waals surface area contributed by atoms with Crippen molar-refractivity contribution in [2.45, 2.75) is 13.8 Å². The summed E-state index contributed by atoms with van der Waals surface area (Å²) >= 11 is 1.43. The summed E-state index contributed by atoms with van der Waals surface area (Å²) < 4.78 is 5.59. The normalized spacial score (nSPS) is 10.5. The second-order valence-electron chi connectivity index (χ2n) is 4.66. The quantitative estimate of drug-likeness (QED) is 0.894. The molecule has 100 valence electrons. The van der Waals surface area contributed by atoms with Crippen LogP contribution in [0.2, 0.25) is 0 Å². The first kappa shape index (κ1) is 13.6. The van der Waals surface area contributed by atoms with Crippen molar-refractivity contribution < 1.29 is 9.53 Å². The highest BCUT2D eigenvalue weighted by atomic mass is 32.1. The van der Waals surface area contributed by atoms with Crippen molar-refractivity contribution in [3.63, 3.8) is 0 Å². The molecule has 2 aromatic rings. The second-order valence-corrected chi connectivity index (χ2v) is 5.61. The van der Waals surface area contributed by atoms with E-state index in [1.54, 1.807) is 6.07 Å². The first-order valence-corrected chi connectivity index (χ1v) is 7.11. The van der Waals surface area contributed by atoms with Crippen molar-refractivity contribution >= 4 is 22.9 Å². The maximum absolute atomic E-state index is 11.8. The summed E-state index contributed by atoms with van der Waals surface area (Å²) in [6.07, 6.45) is 0. The summed E-state index contributed by atoms with van der Waals surface area (Å²) in [4.78, 5) is 12.6. The van der Waals surface area contributed by atoms with Crippen LogP contribution in [0, 0.1) is 5.92 Å². The minimum absolute atomic E-state index is 0.0779. The fraction of sp³-hybridized carbons (Fsp3) is 0.267. The molecule has 0 saturated heterocycles. The minimum atomic E-state index is -0.0779. The number of nitrogens with one attached hydrogen (secondary N) is 1. The zero-order valence-electron chi connectivity index (χ0n) is 11.1. The van der Waals surface area contributed by atoms with Gasteiger partial charge in [0.15, 0.2) is 0 Å². The molecule has 0 atom stereocenters. The van der Waals surface area contributed by atoms with Crippen molar-refractivity contribution in [2.24, 2.45) is 5.92 Å². The summed E-state index contributed by atoms with van der Waals surface area (Å²) in [5.41, 5.74) is 0.773. The summed E-state index contributed by atoms with van der Waals surface area (Å²) in [7, 11) is 0. The number of hydrogen-bond donors (Lipinski definition) is 1. The van der Waals surface area contributed by atoms with Crippen LogP contribution in [0.1, 0.15) is 23.5 Å². The van der Waals surface area contributed by atoms with Crippen LogP contribution in [0.15, 0.2) is 41.8 Å². The molecule has 1 N–H and O–H groups in total. The highest BCUT2D eigenvalue weighted by Gasteiger charge is 2.06. The third-order valence-corrected chi connectivity index (χ3v) is 3.31. The third kappa shape index (κ3) is 4.10. The van der Waals surface area contributed by atoms with E-state index in [-0.39, 0.29) is 5.91 Å². The van der Waals surface area contributed by atoms with Crippen molar-refractivity contribution in [3.05, 3.63) is 46.7 Å². The van der Waals surface area contributed by atoms with E-state index in [0.29, 0.717) is 17.4 Å². The molecule has 1 heterocycles. The lowest BCUT2D eigenvalue weighted by Crippen LogP contribution is -2.10. The average Bonchev–Trinajstić information content (AvgIpc) is 2.92. The fourth-order valence-electron chi connectivity index (χ4n) is 1.50. The second kappa shape index (κ2) is 6.38. The molecule has 1 aromatic heterocycles. The van der Waals surface area contributed by atoms with E-state index >= 15 is 0 Å². The lowest BCUT2D eigenvalue weighted by atomic mass is 10.2. The highest BCUT2D eigenvalue weighted by Crippen LogP contribution is 2.18. The van der Waals surface area contributed by atoms with Gasteiger partial charge in [0.05, 0.1) is 11.5 Å². The van der Waals surface area contributed by atoms with Crippen LogP contribution < -0.4 is 10.1 Å². The Bertz CT molecular complexity index is 518. The molecule has 0 unspecified atom stereocenters. The van der Waals surface area contributed by atoms with Gasteiger partial charge < -0.3 is 10.1 Å². The number of thiophene rings is 1. The van der Waals surface area contributed by atoms with Gasteiger partial charge in [0, 0.05) is 5.69 Å². The van der Waals surface area contributed by atoms with E-state index < -0.39 is 0 Å². The number of hydrogen-bond acceptors (Lipinski definition) is 3. The number of carbonyl (C=O) groups excluding carboxylic acids is 1. The molecule has 0 saturated carbocycles. The maximum atomic E-state index is 11.8. The van der Waals surface area contributed by atoms with Crippen LogP contribution in [-0.2, 0) is 0 Å². The van der Waals surface area contributed by atoms with Gasteiger partial charge in [0.1, 0.15) is 5.75 Å². The Morgan fingerprint density at radius 1 is 1.26 bits per heavy atom. The average molecular weight is 275 g/mol. The van der Waals surface area contributed by atoms with Crippen LogP contribution in [0.4, 0.5) is 5.69 Å². The Labute approximate surface area is 117 Å². The SMILES string of the molecule is CC(C)COc1ccc(NC(=O)c2cccs2)cc1. The molecule has 4 heteroatoms. The van der Waals surface area contributed by atoms with Crippen molar-refractivity contribution in [1.82, 2.24) is 0 Å². The monoisotopic (exact) mass is 275 g/mol. The summed E-state index contributed by atoms with van der Waals surface area (Å²) in [5.74, 6) is 1.24. The van der Waals surface area contributed by atoms with Crippen molar-refractivity contribution in [1.29, 1.82) is 0 Å². The van der Waals surface area contributed by atoms with Crippen LogP contribution in [0.25, 0.3) is 0 Å². The van der Waals surface area contributed by atoms with Crippen LogP contribution in [0.3, 0.4) is 0 Å². The van der Waals surface area contributed by atoms with Gasteiger partial charge in [0.2, 0.25) is 0 Å². The van der Waals surface area contributed by atoms with E-state index in [1.165, 1.54) is 11.3 Å². The first-order valence-electron chi connectivity index (χ1n) is 6.23. The Morgan fingerprint density at radius 3 is 2.58 bits per heavy atom. The molecule has 0 fully saturated rings. The molecule has 1 amide bonds. The van der Waals surface area contributed by atoms with E-state index in [4.69, 9.17) is 4.74 Å². The summed E-state index contributed by atoms with van der Waals surface area (Å²) in [6.45, 7) is 4.91. The molecule has 1 aromatic carbocycles. The first-order chi connectivity index (χ1) is 9.15. The lowest BCUT2D eigenvalue weighted by Gasteiger charge is -2.09. The molecular weight excluding hydrogens is 258 g/mol. The number of carbonyl (C=O) groups is 1. The summed E-state index contributed by atoms with van der Waals surface area (Å²) in [5, 5.41) is 4.74. The van der Waals surface area contributed by atoms with E-state index in [2.05, 4.69) is 19.2 Å². The van der Waals surface area contributed by atoms with Crippen LogP contribution in [-0.4, -0.2) is 12.5 Å².